The third-order valence-corrected chi connectivity index (χ3v) is 10.1. The maximum absolute atomic E-state index is 14.3. The number of carbonyl (C=O) groups is 2. The van der Waals surface area contributed by atoms with E-state index in [0.29, 0.717) is 18.5 Å². The van der Waals surface area contributed by atoms with Gasteiger partial charge in [0.05, 0.1) is 18.3 Å². The Morgan fingerprint density at radius 2 is 1.89 bits per heavy atom. The lowest BCUT2D eigenvalue weighted by Crippen LogP contribution is -2.57. The monoisotopic (exact) mass is 547 g/mol. The molecule has 2 saturated heterocycles. The lowest BCUT2D eigenvalue weighted by Gasteiger charge is -2.36. The van der Waals surface area contributed by atoms with Crippen LogP contribution in [0.4, 0.5) is 4.39 Å². The van der Waals surface area contributed by atoms with Crippen molar-refractivity contribution in [1.82, 2.24) is 24.8 Å². The van der Waals surface area contributed by atoms with Crippen LogP contribution < -0.4 is 10.6 Å². The van der Waals surface area contributed by atoms with Crippen molar-refractivity contribution in [3.63, 3.8) is 0 Å². The molecule has 5 rings (SSSR count). The Balaban J connectivity index is 1.51. The normalized spacial score (nSPS) is 26.4. The summed E-state index contributed by atoms with van der Waals surface area (Å²) in [7, 11) is -1.81. The molecule has 2 aromatic rings. The van der Waals surface area contributed by atoms with Crippen LogP contribution in [0.15, 0.2) is 24.4 Å². The van der Waals surface area contributed by atoms with E-state index in [1.54, 1.807) is 20.0 Å². The summed E-state index contributed by atoms with van der Waals surface area (Å²) in [6, 6.07) is 2.73. The van der Waals surface area contributed by atoms with Crippen LogP contribution in [0.25, 0.3) is 10.9 Å². The van der Waals surface area contributed by atoms with E-state index >= 15 is 0 Å². The Kier molecular flexibility index (Phi) is 7.54. The molecule has 11 heteroatoms. The number of H-pyrrole nitrogens is 1. The van der Waals surface area contributed by atoms with Crippen LogP contribution in [0.2, 0.25) is 0 Å². The number of amides is 2. The first kappa shape index (κ1) is 27.1. The van der Waals surface area contributed by atoms with Crippen molar-refractivity contribution in [3.05, 3.63) is 35.8 Å². The number of benzene rings is 1. The minimum Gasteiger partial charge on any atom is -0.361 e. The highest BCUT2D eigenvalue weighted by atomic mass is 32.2. The Labute approximate surface area is 223 Å². The number of aromatic nitrogens is 1. The van der Waals surface area contributed by atoms with E-state index in [1.807, 2.05) is 11.1 Å². The smallest absolute Gasteiger partial charge is 0.245 e. The van der Waals surface area contributed by atoms with Crippen LogP contribution in [0.3, 0.4) is 0 Å². The summed E-state index contributed by atoms with van der Waals surface area (Å²) in [4.78, 5) is 32.1. The minimum atomic E-state index is -3.52. The number of hydrogen-bond acceptors (Lipinski definition) is 5. The summed E-state index contributed by atoms with van der Waals surface area (Å²) >= 11 is 0. The molecule has 38 heavy (non-hydrogen) atoms. The van der Waals surface area contributed by atoms with Crippen molar-refractivity contribution < 1.29 is 22.4 Å². The van der Waals surface area contributed by atoms with Gasteiger partial charge in [-0.1, -0.05) is 19.3 Å². The lowest BCUT2D eigenvalue weighted by molar-refractivity contribution is -0.139. The molecular weight excluding hydrogens is 509 g/mol. The summed E-state index contributed by atoms with van der Waals surface area (Å²) in [5.41, 5.74) is 1.52. The summed E-state index contributed by atoms with van der Waals surface area (Å²) < 4.78 is 41.0. The zero-order valence-electron chi connectivity index (χ0n) is 22.2. The first-order valence-electron chi connectivity index (χ1n) is 13.6. The Hall–Kier alpha value is -2.50. The van der Waals surface area contributed by atoms with Gasteiger partial charge in [0, 0.05) is 42.1 Å². The largest absolute Gasteiger partial charge is 0.361 e. The molecule has 1 aliphatic carbocycles. The third kappa shape index (κ3) is 4.96. The number of fused-ring (bicyclic) bond motifs is 2. The van der Waals surface area contributed by atoms with Crippen molar-refractivity contribution in [2.75, 3.05) is 26.4 Å². The molecule has 3 fully saturated rings. The van der Waals surface area contributed by atoms with Crippen molar-refractivity contribution in [1.29, 1.82) is 0 Å². The number of sulfonamides is 1. The molecule has 1 saturated carbocycles. The maximum atomic E-state index is 14.3. The second-order valence-corrected chi connectivity index (χ2v) is 13.1. The number of likely N-dealkylation sites (N-methyl/N-ethyl adjacent to an activating group) is 1. The van der Waals surface area contributed by atoms with Gasteiger partial charge in [-0.25, -0.2) is 12.8 Å². The van der Waals surface area contributed by atoms with Crippen LogP contribution in [0.1, 0.15) is 56.9 Å². The first-order valence-corrected chi connectivity index (χ1v) is 15.5. The molecule has 0 spiro atoms. The van der Waals surface area contributed by atoms with E-state index in [2.05, 4.69) is 15.6 Å². The summed E-state index contributed by atoms with van der Waals surface area (Å²) in [6.07, 6.45) is 8.48. The Bertz CT molecular complexity index is 1310. The summed E-state index contributed by atoms with van der Waals surface area (Å²) in [5, 5.41) is 6.82. The van der Waals surface area contributed by atoms with E-state index in [1.165, 1.54) is 22.7 Å². The maximum Gasteiger partial charge on any atom is 0.245 e. The molecule has 2 aliphatic heterocycles. The van der Waals surface area contributed by atoms with Crippen LogP contribution in [-0.2, 0) is 19.6 Å². The van der Waals surface area contributed by atoms with E-state index in [-0.39, 0.29) is 48.1 Å². The van der Waals surface area contributed by atoms with Gasteiger partial charge >= 0.3 is 0 Å². The van der Waals surface area contributed by atoms with Gasteiger partial charge in [-0.15, -0.1) is 0 Å². The topological polar surface area (TPSA) is 115 Å². The van der Waals surface area contributed by atoms with Gasteiger partial charge in [0.2, 0.25) is 21.8 Å². The van der Waals surface area contributed by atoms with Gasteiger partial charge < -0.3 is 20.5 Å². The van der Waals surface area contributed by atoms with E-state index < -0.39 is 22.1 Å². The fraction of sp³-hybridized carbons (Fsp3) is 0.630. The molecule has 3 heterocycles. The summed E-state index contributed by atoms with van der Waals surface area (Å²) in [6.45, 7) is 2.44. The van der Waals surface area contributed by atoms with E-state index in [0.717, 1.165) is 43.1 Å². The van der Waals surface area contributed by atoms with Crippen molar-refractivity contribution in [2.45, 2.75) is 75.5 Å². The zero-order valence-corrected chi connectivity index (χ0v) is 23.1. The average molecular weight is 548 g/mol. The van der Waals surface area contributed by atoms with Gasteiger partial charge in [0.1, 0.15) is 11.9 Å². The number of halogens is 1. The molecule has 2 amide bonds. The number of nitrogens with zero attached hydrogens (tertiary/aromatic N) is 2. The fourth-order valence-corrected chi connectivity index (χ4v) is 7.97. The standard InChI is InChI=1S/C27H38FN5O4S/c1-16(29-2)26(34)31-24(17-7-5-4-6-8-17)27(35)32-12-11-23-25(32)21(15-33(23)38(3,36)37)20-14-30-22-13-18(28)9-10-19(20)22/h9-10,13-14,16-17,21,23-25,29-30H,4-8,11-12,15H2,1-3H3,(H,31,34)/t16-,21+,23+,24-,25+/m0/s1. The van der Waals surface area contributed by atoms with Crippen molar-refractivity contribution >= 4 is 32.7 Å². The SMILES string of the molecule is CN[C@@H](C)C(=O)N[C@H](C(=O)N1CC[C@@H]2[C@H]1[C@@H](c1c[nH]c3cc(F)ccc13)CN2S(C)(=O)=O)C1CCCCC1. The lowest BCUT2D eigenvalue weighted by atomic mass is 9.82. The van der Waals surface area contributed by atoms with Gasteiger partial charge in [-0.05, 0) is 62.9 Å². The number of hydrogen-bond donors (Lipinski definition) is 3. The molecule has 3 aliphatic rings. The van der Waals surface area contributed by atoms with Crippen molar-refractivity contribution in [2.24, 2.45) is 5.92 Å². The highest BCUT2D eigenvalue weighted by Gasteiger charge is 2.54. The Morgan fingerprint density at radius 3 is 2.58 bits per heavy atom. The van der Waals surface area contributed by atoms with Crippen LogP contribution in [0.5, 0.6) is 0 Å². The van der Waals surface area contributed by atoms with Gasteiger partial charge in [0.25, 0.3) is 0 Å². The fourth-order valence-electron chi connectivity index (χ4n) is 6.82. The molecule has 1 aromatic heterocycles. The van der Waals surface area contributed by atoms with E-state index in [9.17, 15) is 22.4 Å². The Morgan fingerprint density at radius 1 is 1.16 bits per heavy atom. The molecule has 0 unspecified atom stereocenters. The van der Waals surface area contributed by atoms with Crippen LogP contribution in [0, 0.1) is 11.7 Å². The van der Waals surface area contributed by atoms with Crippen LogP contribution in [-0.4, -0.2) is 85.0 Å². The molecule has 3 N–H and O–H groups in total. The zero-order chi connectivity index (χ0) is 27.2. The van der Waals surface area contributed by atoms with Gasteiger partial charge in [0.15, 0.2) is 0 Å². The molecule has 0 radical (unpaired) electrons. The van der Waals surface area contributed by atoms with Gasteiger partial charge in [-0.3, -0.25) is 9.59 Å². The molecular formula is C27H38FN5O4S. The quantitative estimate of drug-likeness (QED) is 0.492. The van der Waals surface area contributed by atoms with Crippen molar-refractivity contribution in [3.8, 4) is 0 Å². The molecule has 5 atom stereocenters. The second kappa shape index (κ2) is 10.6. The van der Waals surface area contributed by atoms with Gasteiger partial charge in [-0.2, -0.15) is 4.31 Å². The average Bonchev–Trinajstić information content (AvgIpc) is 3.60. The highest BCUT2D eigenvalue weighted by Crippen LogP contribution is 2.44. The minimum absolute atomic E-state index is 0.0465. The third-order valence-electron chi connectivity index (χ3n) is 8.87. The summed E-state index contributed by atoms with van der Waals surface area (Å²) in [5.74, 6) is -0.934. The number of nitrogens with one attached hydrogen (secondary N) is 3. The molecule has 0 bridgehead atoms. The molecule has 9 nitrogen and oxygen atoms in total. The molecule has 208 valence electrons. The predicted molar refractivity (Wildman–Crippen MR) is 143 cm³/mol. The number of rotatable bonds is 7. The van der Waals surface area contributed by atoms with E-state index in [4.69, 9.17) is 0 Å². The molecule has 1 aromatic carbocycles. The number of likely N-dealkylation sites (tertiary alicyclic amines) is 1. The second-order valence-electron chi connectivity index (χ2n) is 11.1. The first-order chi connectivity index (χ1) is 18.1. The van der Waals surface area contributed by atoms with Crippen LogP contribution >= 0.6 is 0 Å². The highest BCUT2D eigenvalue weighted by molar-refractivity contribution is 7.88. The number of carbonyl (C=O) groups excluding carboxylic acids is 2. The number of aromatic amines is 1. The predicted octanol–water partition coefficient (Wildman–Crippen LogP) is 2.31.